The predicted molar refractivity (Wildman–Crippen MR) is 107 cm³/mol. The van der Waals surface area contributed by atoms with Crippen LogP contribution in [-0.2, 0) is 6.42 Å². The van der Waals surface area contributed by atoms with E-state index in [0.717, 1.165) is 40.5 Å². The Bertz CT molecular complexity index is 1240. The van der Waals surface area contributed by atoms with Gasteiger partial charge >= 0.3 is 0 Å². The number of benzene rings is 2. The summed E-state index contributed by atoms with van der Waals surface area (Å²) in [5, 5.41) is 7.07. The number of hydrogen-bond donors (Lipinski definition) is 0. The van der Waals surface area contributed by atoms with Crippen molar-refractivity contribution in [2.75, 3.05) is 0 Å². The van der Waals surface area contributed by atoms with Crippen LogP contribution in [0.1, 0.15) is 18.9 Å². The monoisotopic (exact) mass is 337 g/mol. The summed E-state index contributed by atoms with van der Waals surface area (Å²) in [6.07, 6.45) is 4.13. The van der Waals surface area contributed by atoms with E-state index in [2.05, 4.69) is 66.0 Å². The summed E-state index contributed by atoms with van der Waals surface area (Å²) >= 11 is 0. The molecule has 0 aliphatic heterocycles. The molecule has 0 radical (unpaired) electrons. The lowest BCUT2D eigenvalue weighted by atomic mass is 10.0. The van der Waals surface area contributed by atoms with Crippen LogP contribution in [0.15, 0.2) is 72.9 Å². The Morgan fingerprint density at radius 2 is 1.69 bits per heavy atom. The Morgan fingerprint density at radius 3 is 2.54 bits per heavy atom. The molecule has 3 heteroatoms. The highest BCUT2D eigenvalue weighted by Crippen LogP contribution is 2.31. The zero-order chi connectivity index (χ0) is 17.5. The maximum Gasteiger partial charge on any atom is 0.0795 e. The second-order valence-electron chi connectivity index (χ2n) is 6.69. The molecule has 2 aromatic carbocycles. The van der Waals surface area contributed by atoms with Crippen LogP contribution in [0.5, 0.6) is 0 Å². The second-order valence-corrected chi connectivity index (χ2v) is 6.69. The van der Waals surface area contributed by atoms with Gasteiger partial charge in [-0.3, -0.25) is 0 Å². The normalized spacial score (nSPS) is 11.6. The molecule has 0 saturated heterocycles. The van der Waals surface area contributed by atoms with Crippen molar-refractivity contribution in [2.24, 2.45) is 0 Å². The van der Waals surface area contributed by atoms with Gasteiger partial charge in [-0.25, -0.2) is 9.50 Å². The van der Waals surface area contributed by atoms with Crippen molar-refractivity contribution in [2.45, 2.75) is 19.8 Å². The number of nitrogens with zero attached hydrogens (tertiary/aromatic N) is 3. The van der Waals surface area contributed by atoms with E-state index in [4.69, 9.17) is 10.1 Å². The van der Waals surface area contributed by atoms with E-state index in [-0.39, 0.29) is 0 Å². The van der Waals surface area contributed by atoms with Crippen molar-refractivity contribution in [3.05, 3.63) is 78.5 Å². The predicted octanol–water partition coefficient (Wildman–Crippen LogP) is 5.66. The van der Waals surface area contributed by atoms with Gasteiger partial charge < -0.3 is 0 Å². The Labute approximate surface area is 151 Å². The lowest BCUT2D eigenvalue weighted by Gasteiger charge is -2.11. The third kappa shape index (κ3) is 2.28. The number of hydrogen-bond acceptors (Lipinski definition) is 2. The third-order valence-corrected chi connectivity index (χ3v) is 4.94. The van der Waals surface area contributed by atoms with Crippen LogP contribution in [0.25, 0.3) is 38.6 Å². The van der Waals surface area contributed by atoms with Gasteiger partial charge in [-0.05, 0) is 30.2 Å². The van der Waals surface area contributed by atoms with Gasteiger partial charge in [-0.2, -0.15) is 5.10 Å². The molecule has 5 rings (SSSR count). The van der Waals surface area contributed by atoms with Crippen LogP contribution in [-0.4, -0.2) is 14.6 Å². The molecule has 0 aliphatic rings. The molecule has 0 atom stereocenters. The molecule has 0 saturated carbocycles. The Hall–Kier alpha value is -3.20. The number of aromatic nitrogens is 3. The van der Waals surface area contributed by atoms with E-state index >= 15 is 0 Å². The molecular formula is C23H19N3. The van der Waals surface area contributed by atoms with Crippen LogP contribution in [0.2, 0.25) is 0 Å². The Morgan fingerprint density at radius 1 is 0.885 bits per heavy atom. The fourth-order valence-corrected chi connectivity index (χ4v) is 3.74. The van der Waals surface area contributed by atoms with E-state index < -0.39 is 0 Å². The maximum absolute atomic E-state index is 4.95. The summed E-state index contributed by atoms with van der Waals surface area (Å²) in [5.41, 5.74) is 6.75. The summed E-state index contributed by atoms with van der Waals surface area (Å²) in [6, 6.07) is 23.1. The van der Waals surface area contributed by atoms with Gasteiger partial charge in [0.1, 0.15) is 0 Å². The van der Waals surface area contributed by atoms with E-state index in [9.17, 15) is 0 Å². The molecule has 0 aliphatic carbocycles. The Kier molecular flexibility index (Phi) is 3.45. The highest BCUT2D eigenvalue weighted by atomic mass is 15.2. The van der Waals surface area contributed by atoms with Crippen molar-refractivity contribution in [3.8, 4) is 11.3 Å². The molecule has 0 N–H and O–H groups in total. The van der Waals surface area contributed by atoms with Crippen LogP contribution in [0, 0.1) is 0 Å². The quantitative estimate of drug-likeness (QED) is 0.398. The van der Waals surface area contributed by atoms with Gasteiger partial charge in [-0.1, -0.05) is 61.9 Å². The van der Waals surface area contributed by atoms with Crippen LogP contribution in [0.3, 0.4) is 0 Å². The molecule has 0 amide bonds. The SMILES string of the molecule is CCCc1cnn2c(-c3ccccc3)cc3nc4ccccc4cc3c12. The van der Waals surface area contributed by atoms with Crippen molar-refractivity contribution in [1.29, 1.82) is 0 Å². The summed E-state index contributed by atoms with van der Waals surface area (Å²) in [6.45, 7) is 2.21. The van der Waals surface area contributed by atoms with E-state index in [1.165, 1.54) is 16.5 Å². The molecule has 0 spiro atoms. The van der Waals surface area contributed by atoms with Crippen molar-refractivity contribution < 1.29 is 0 Å². The van der Waals surface area contributed by atoms with Crippen LogP contribution >= 0.6 is 0 Å². The fraction of sp³-hybridized carbons (Fsp3) is 0.130. The highest BCUT2D eigenvalue weighted by Gasteiger charge is 2.14. The van der Waals surface area contributed by atoms with Gasteiger partial charge in [0.2, 0.25) is 0 Å². The molecule has 126 valence electrons. The summed E-state index contributed by atoms with van der Waals surface area (Å²) in [4.78, 5) is 4.95. The smallest absolute Gasteiger partial charge is 0.0795 e. The minimum Gasteiger partial charge on any atom is -0.248 e. The lowest BCUT2D eigenvalue weighted by Crippen LogP contribution is -1.97. The van der Waals surface area contributed by atoms with Gasteiger partial charge in [-0.15, -0.1) is 0 Å². The van der Waals surface area contributed by atoms with Gasteiger partial charge in [0.25, 0.3) is 0 Å². The van der Waals surface area contributed by atoms with Crippen molar-refractivity contribution >= 4 is 27.3 Å². The van der Waals surface area contributed by atoms with Gasteiger partial charge in [0.15, 0.2) is 0 Å². The fourth-order valence-electron chi connectivity index (χ4n) is 3.74. The molecule has 26 heavy (non-hydrogen) atoms. The summed E-state index contributed by atoms with van der Waals surface area (Å²) in [5.74, 6) is 0. The van der Waals surface area contributed by atoms with Gasteiger partial charge in [0.05, 0.1) is 28.4 Å². The minimum atomic E-state index is 1.02. The van der Waals surface area contributed by atoms with Gasteiger partial charge in [0, 0.05) is 16.3 Å². The third-order valence-electron chi connectivity index (χ3n) is 4.94. The van der Waals surface area contributed by atoms with Crippen LogP contribution < -0.4 is 0 Å². The van der Waals surface area contributed by atoms with Crippen LogP contribution in [0.4, 0.5) is 0 Å². The molecular weight excluding hydrogens is 318 g/mol. The first kappa shape index (κ1) is 15.1. The van der Waals surface area contributed by atoms with E-state index in [1.807, 2.05) is 18.3 Å². The highest BCUT2D eigenvalue weighted by molar-refractivity contribution is 6.03. The van der Waals surface area contributed by atoms with E-state index in [0.29, 0.717) is 0 Å². The zero-order valence-corrected chi connectivity index (χ0v) is 14.7. The van der Waals surface area contributed by atoms with E-state index in [1.54, 1.807) is 0 Å². The molecule has 3 nitrogen and oxygen atoms in total. The average molecular weight is 337 g/mol. The number of aryl methyl sites for hydroxylation is 1. The Balaban J connectivity index is 1.94. The molecule has 0 unspecified atom stereocenters. The first-order valence-corrected chi connectivity index (χ1v) is 9.09. The minimum absolute atomic E-state index is 1.02. The standard InChI is InChI=1S/C23H19N3/c1-2-8-18-15-24-26-22(16-9-4-3-5-10-16)14-21-19(23(18)26)13-17-11-6-7-12-20(17)25-21/h3-7,9-15H,2,8H2,1H3. The molecule has 3 aromatic heterocycles. The zero-order valence-electron chi connectivity index (χ0n) is 14.7. The topological polar surface area (TPSA) is 30.2 Å². The summed E-state index contributed by atoms with van der Waals surface area (Å²) < 4.78 is 2.08. The first-order chi connectivity index (χ1) is 12.8. The first-order valence-electron chi connectivity index (χ1n) is 9.09. The van der Waals surface area contributed by atoms with Crippen molar-refractivity contribution in [3.63, 3.8) is 0 Å². The summed E-state index contributed by atoms with van der Waals surface area (Å²) in [7, 11) is 0. The maximum atomic E-state index is 4.95. The average Bonchev–Trinajstić information content (AvgIpc) is 3.11. The number of pyridine rings is 2. The molecule has 5 aromatic rings. The molecule has 0 bridgehead atoms. The van der Waals surface area contributed by atoms with Crippen molar-refractivity contribution in [1.82, 2.24) is 14.6 Å². The number of para-hydroxylation sites is 1. The number of rotatable bonds is 3. The molecule has 0 fully saturated rings. The lowest BCUT2D eigenvalue weighted by molar-refractivity contribution is 0.929. The second kappa shape index (κ2) is 5.95. The largest absolute Gasteiger partial charge is 0.248 e. The number of fused-ring (bicyclic) bond motifs is 4. The molecule has 3 heterocycles.